The van der Waals surface area contributed by atoms with Gasteiger partial charge in [0.1, 0.15) is 0 Å². The molecule has 0 aromatic heterocycles. The number of nitriles is 1. The summed E-state index contributed by atoms with van der Waals surface area (Å²) in [6.45, 7) is 0. The summed E-state index contributed by atoms with van der Waals surface area (Å²) in [5, 5.41) is 8.54. The molecule has 0 spiro atoms. The third kappa shape index (κ3) is 7.84. The van der Waals surface area contributed by atoms with Crippen molar-refractivity contribution in [3.8, 4) is 6.07 Å². The zero-order valence-corrected chi connectivity index (χ0v) is 19.0. The number of aryl methyl sites for hydroxylation is 1. The topological polar surface area (TPSA) is 23.8 Å². The van der Waals surface area contributed by atoms with Crippen LogP contribution in [0.5, 0.6) is 0 Å². The number of unbranched alkanes of at least 4 members (excludes halogenated alkanes) is 1. The fourth-order valence-electron chi connectivity index (χ4n) is 5.70. The van der Waals surface area contributed by atoms with E-state index < -0.39 is 11.7 Å². The Kier molecular flexibility index (Phi) is 9.45. The van der Waals surface area contributed by atoms with E-state index in [2.05, 4.69) is 6.08 Å². The molecule has 0 unspecified atom stereocenters. The third-order valence-electron chi connectivity index (χ3n) is 7.65. The van der Waals surface area contributed by atoms with Crippen molar-refractivity contribution in [2.24, 2.45) is 23.7 Å². The number of nitrogens with zero attached hydrogens (tertiary/aromatic N) is 1. The van der Waals surface area contributed by atoms with Crippen molar-refractivity contribution >= 4 is 0 Å². The predicted molar refractivity (Wildman–Crippen MR) is 124 cm³/mol. The Bertz CT molecular complexity index is 768. The number of benzene rings is 1. The molecule has 4 heteroatoms. The second-order valence-corrected chi connectivity index (χ2v) is 9.77. The Balaban J connectivity index is 1.28. The highest BCUT2D eigenvalue weighted by atomic mass is 19.4. The van der Waals surface area contributed by atoms with Crippen molar-refractivity contribution < 1.29 is 13.2 Å². The molecule has 1 aromatic rings. The van der Waals surface area contributed by atoms with Gasteiger partial charge in [0.25, 0.3) is 0 Å². The maximum absolute atomic E-state index is 12.7. The summed E-state index contributed by atoms with van der Waals surface area (Å²) >= 11 is 0. The zero-order valence-electron chi connectivity index (χ0n) is 19.0. The van der Waals surface area contributed by atoms with Crippen molar-refractivity contribution in [3.63, 3.8) is 0 Å². The van der Waals surface area contributed by atoms with Gasteiger partial charge in [0.05, 0.1) is 11.6 Å². The summed E-state index contributed by atoms with van der Waals surface area (Å²) in [7, 11) is 0. The molecule has 32 heavy (non-hydrogen) atoms. The average Bonchev–Trinajstić information content (AvgIpc) is 2.80. The van der Waals surface area contributed by atoms with Crippen LogP contribution in [-0.4, -0.2) is 0 Å². The standard InChI is InChI=1S/C28H36F3N/c29-28(30,31)27-19-13-24(14-20-27)8-4-3-7-23-11-17-26(18-12-23)25-15-9-22(10-16-25)6-2-1-5-21-32/h1-2,5-6,13-14,19-20,22-23,25-26H,3-4,7-12,15-18H2/b5-1+,6-2+. The second kappa shape index (κ2) is 12.3. The molecule has 3 rings (SSSR count). The minimum Gasteiger partial charge on any atom is -0.193 e. The molecule has 1 aromatic carbocycles. The normalized spacial score (nSPS) is 27.1. The molecule has 0 radical (unpaired) electrons. The Labute approximate surface area is 191 Å². The molecule has 2 aliphatic rings. The number of allylic oxidation sites excluding steroid dienone is 4. The third-order valence-corrected chi connectivity index (χ3v) is 7.65. The maximum Gasteiger partial charge on any atom is 0.416 e. The van der Waals surface area contributed by atoms with E-state index in [1.54, 1.807) is 12.1 Å². The first-order chi connectivity index (χ1) is 15.5. The Morgan fingerprint density at radius 2 is 1.47 bits per heavy atom. The monoisotopic (exact) mass is 443 g/mol. The van der Waals surface area contributed by atoms with E-state index in [1.807, 2.05) is 18.2 Å². The zero-order chi connectivity index (χ0) is 22.8. The van der Waals surface area contributed by atoms with Crippen LogP contribution in [0.25, 0.3) is 0 Å². The number of hydrogen-bond donors (Lipinski definition) is 0. The molecule has 0 saturated heterocycles. The Morgan fingerprint density at radius 3 is 2.06 bits per heavy atom. The van der Waals surface area contributed by atoms with Crippen LogP contribution in [0.3, 0.4) is 0 Å². The quantitative estimate of drug-likeness (QED) is 0.224. The van der Waals surface area contributed by atoms with Gasteiger partial charge in [0.2, 0.25) is 0 Å². The maximum atomic E-state index is 12.7. The molecule has 0 N–H and O–H groups in total. The molecule has 2 fully saturated rings. The molecule has 0 bridgehead atoms. The van der Waals surface area contributed by atoms with E-state index >= 15 is 0 Å². The van der Waals surface area contributed by atoms with Crippen LogP contribution in [0.4, 0.5) is 13.2 Å². The van der Waals surface area contributed by atoms with E-state index in [1.165, 1.54) is 82.4 Å². The van der Waals surface area contributed by atoms with Gasteiger partial charge in [-0.1, -0.05) is 56.0 Å². The van der Waals surface area contributed by atoms with Crippen LogP contribution in [0.15, 0.2) is 48.6 Å². The largest absolute Gasteiger partial charge is 0.416 e. The first kappa shape index (κ1) is 24.6. The van der Waals surface area contributed by atoms with Crippen LogP contribution < -0.4 is 0 Å². The van der Waals surface area contributed by atoms with Crippen molar-refractivity contribution in [2.45, 2.75) is 83.2 Å². The molecule has 0 aliphatic heterocycles. The van der Waals surface area contributed by atoms with E-state index in [4.69, 9.17) is 5.26 Å². The van der Waals surface area contributed by atoms with E-state index in [-0.39, 0.29) is 0 Å². The molecule has 0 heterocycles. The summed E-state index contributed by atoms with van der Waals surface area (Å²) in [6.07, 6.45) is 18.5. The average molecular weight is 444 g/mol. The van der Waals surface area contributed by atoms with Gasteiger partial charge < -0.3 is 0 Å². The molecule has 2 saturated carbocycles. The van der Waals surface area contributed by atoms with Gasteiger partial charge >= 0.3 is 6.18 Å². The minimum absolute atomic E-state index is 0.560. The van der Waals surface area contributed by atoms with Crippen LogP contribution in [0, 0.1) is 35.0 Å². The summed E-state index contributed by atoms with van der Waals surface area (Å²) in [5.74, 6) is 3.32. The first-order valence-electron chi connectivity index (χ1n) is 12.3. The number of halogens is 3. The predicted octanol–water partition coefficient (Wildman–Crippen LogP) is 8.67. The lowest BCUT2D eigenvalue weighted by molar-refractivity contribution is -0.137. The van der Waals surface area contributed by atoms with Gasteiger partial charge in [0.15, 0.2) is 0 Å². The van der Waals surface area contributed by atoms with Gasteiger partial charge in [-0.25, -0.2) is 0 Å². The Morgan fingerprint density at radius 1 is 0.844 bits per heavy atom. The summed E-state index contributed by atoms with van der Waals surface area (Å²) in [4.78, 5) is 0. The van der Waals surface area contributed by atoms with Crippen molar-refractivity contribution in [3.05, 3.63) is 59.7 Å². The Hall–Kier alpha value is -2.02. The van der Waals surface area contributed by atoms with E-state index in [0.29, 0.717) is 5.92 Å². The fourth-order valence-corrected chi connectivity index (χ4v) is 5.70. The molecule has 0 atom stereocenters. The number of hydrogen-bond acceptors (Lipinski definition) is 1. The van der Waals surface area contributed by atoms with Crippen molar-refractivity contribution in [1.82, 2.24) is 0 Å². The van der Waals surface area contributed by atoms with Crippen LogP contribution in [0.2, 0.25) is 0 Å². The highest BCUT2D eigenvalue weighted by molar-refractivity contribution is 5.24. The van der Waals surface area contributed by atoms with Crippen molar-refractivity contribution in [2.75, 3.05) is 0 Å². The van der Waals surface area contributed by atoms with Gasteiger partial charge in [-0.2, -0.15) is 18.4 Å². The highest BCUT2D eigenvalue weighted by Crippen LogP contribution is 2.42. The summed E-state index contributed by atoms with van der Waals surface area (Å²) in [6, 6.07) is 7.68. The van der Waals surface area contributed by atoms with Crippen LogP contribution in [-0.2, 0) is 12.6 Å². The lowest BCUT2D eigenvalue weighted by Gasteiger charge is -2.37. The molecular weight excluding hydrogens is 407 g/mol. The fraction of sp³-hybridized carbons (Fsp3) is 0.607. The number of rotatable bonds is 8. The van der Waals surface area contributed by atoms with Gasteiger partial charge in [-0.15, -0.1) is 0 Å². The lowest BCUT2D eigenvalue weighted by atomic mass is 9.68. The second-order valence-electron chi connectivity index (χ2n) is 9.77. The van der Waals surface area contributed by atoms with Crippen LogP contribution >= 0.6 is 0 Å². The lowest BCUT2D eigenvalue weighted by Crippen LogP contribution is -2.25. The molecule has 1 nitrogen and oxygen atoms in total. The minimum atomic E-state index is -4.25. The SMILES string of the molecule is N#C/C=C/C=C/C1CCC(C2CCC(CCCCc3ccc(C(F)(F)F)cc3)CC2)CC1. The molecule has 0 amide bonds. The van der Waals surface area contributed by atoms with E-state index in [0.717, 1.165) is 36.2 Å². The smallest absolute Gasteiger partial charge is 0.193 e. The van der Waals surface area contributed by atoms with Gasteiger partial charge in [-0.05, 0) is 92.7 Å². The van der Waals surface area contributed by atoms with Crippen molar-refractivity contribution in [1.29, 1.82) is 5.26 Å². The van der Waals surface area contributed by atoms with Gasteiger partial charge in [-0.3, -0.25) is 0 Å². The molecular formula is C28H36F3N. The van der Waals surface area contributed by atoms with Crippen LogP contribution in [0.1, 0.15) is 81.8 Å². The number of alkyl halides is 3. The molecule has 174 valence electrons. The highest BCUT2D eigenvalue weighted by Gasteiger charge is 2.31. The molecule has 2 aliphatic carbocycles. The van der Waals surface area contributed by atoms with E-state index in [9.17, 15) is 13.2 Å². The first-order valence-corrected chi connectivity index (χ1v) is 12.3. The summed E-state index contributed by atoms with van der Waals surface area (Å²) < 4.78 is 38.0. The summed E-state index contributed by atoms with van der Waals surface area (Å²) in [5.41, 5.74) is 0.448. The van der Waals surface area contributed by atoms with Gasteiger partial charge in [0, 0.05) is 6.08 Å².